The van der Waals surface area contributed by atoms with Crippen molar-refractivity contribution in [2.75, 3.05) is 37.6 Å². The van der Waals surface area contributed by atoms with Crippen LogP contribution in [-0.4, -0.2) is 54.3 Å². The van der Waals surface area contributed by atoms with Crippen molar-refractivity contribution in [3.63, 3.8) is 0 Å². The minimum Gasteiger partial charge on any atom is -0.444 e. The standard InChI is InChI=1S/C18H28N4O2/c1-18(2,3)24-17(23)22-10-4-5-15(22)14-6-7-16(20-13-14)21-11-8-19-9-12-21/h6-7,13,15,19H,4-5,8-12H2,1-3H3. The third-order valence-corrected chi connectivity index (χ3v) is 4.48. The number of rotatable bonds is 2. The number of pyridine rings is 1. The van der Waals surface area contributed by atoms with Crippen LogP contribution < -0.4 is 10.2 Å². The van der Waals surface area contributed by atoms with Crippen LogP contribution >= 0.6 is 0 Å². The molecule has 1 amide bonds. The molecule has 1 atom stereocenters. The molecule has 2 saturated heterocycles. The van der Waals surface area contributed by atoms with E-state index in [2.05, 4.69) is 27.3 Å². The van der Waals surface area contributed by atoms with Gasteiger partial charge in [-0.05, 0) is 45.2 Å². The predicted molar refractivity (Wildman–Crippen MR) is 94.2 cm³/mol. The summed E-state index contributed by atoms with van der Waals surface area (Å²) in [6.07, 6.45) is 3.67. The predicted octanol–water partition coefficient (Wildman–Crippen LogP) is 2.56. The van der Waals surface area contributed by atoms with Gasteiger partial charge in [-0.15, -0.1) is 0 Å². The first-order valence-electron chi connectivity index (χ1n) is 8.85. The summed E-state index contributed by atoms with van der Waals surface area (Å²) in [7, 11) is 0. The average Bonchev–Trinajstić information content (AvgIpc) is 3.04. The molecule has 0 bridgehead atoms. The Hall–Kier alpha value is -1.82. The highest BCUT2D eigenvalue weighted by atomic mass is 16.6. The summed E-state index contributed by atoms with van der Waals surface area (Å²) in [5, 5.41) is 3.35. The second-order valence-electron chi connectivity index (χ2n) is 7.52. The zero-order valence-corrected chi connectivity index (χ0v) is 14.9. The monoisotopic (exact) mass is 332 g/mol. The molecular formula is C18H28N4O2. The van der Waals surface area contributed by atoms with Crippen molar-refractivity contribution >= 4 is 11.9 Å². The van der Waals surface area contributed by atoms with Crippen LogP contribution in [0, 0.1) is 0 Å². The lowest BCUT2D eigenvalue weighted by Crippen LogP contribution is -2.43. The first kappa shape index (κ1) is 17.0. The molecule has 132 valence electrons. The highest BCUT2D eigenvalue weighted by Gasteiger charge is 2.33. The molecule has 0 saturated carbocycles. The smallest absolute Gasteiger partial charge is 0.410 e. The van der Waals surface area contributed by atoms with Crippen LogP contribution in [0.15, 0.2) is 18.3 Å². The van der Waals surface area contributed by atoms with E-state index in [0.717, 1.165) is 56.9 Å². The largest absolute Gasteiger partial charge is 0.444 e. The molecule has 1 aromatic rings. The van der Waals surface area contributed by atoms with Crippen molar-refractivity contribution in [1.29, 1.82) is 0 Å². The highest BCUT2D eigenvalue weighted by Crippen LogP contribution is 2.33. The summed E-state index contributed by atoms with van der Waals surface area (Å²) >= 11 is 0. The van der Waals surface area contributed by atoms with Crippen LogP contribution in [0.2, 0.25) is 0 Å². The summed E-state index contributed by atoms with van der Waals surface area (Å²) in [6.45, 7) is 10.4. The van der Waals surface area contributed by atoms with Crippen molar-refractivity contribution in [2.45, 2.75) is 45.3 Å². The number of hydrogen-bond acceptors (Lipinski definition) is 5. The van der Waals surface area contributed by atoms with Crippen LogP contribution in [0.1, 0.15) is 45.2 Å². The van der Waals surface area contributed by atoms with Gasteiger partial charge in [-0.1, -0.05) is 6.07 Å². The molecule has 3 rings (SSSR count). The van der Waals surface area contributed by atoms with Gasteiger partial charge in [0.15, 0.2) is 0 Å². The zero-order valence-electron chi connectivity index (χ0n) is 14.9. The second kappa shape index (κ2) is 6.97. The number of likely N-dealkylation sites (tertiary alicyclic amines) is 1. The van der Waals surface area contributed by atoms with Crippen LogP contribution in [0.5, 0.6) is 0 Å². The summed E-state index contributed by atoms with van der Waals surface area (Å²) in [5.41, 5.74) is 0.631. The van der Waals surface area contributed by atoms with Crippen LogP contribution in [0.25, 0.3) is 0 Å². The van der Waals surface area contributed by atoms with Crippen molar-refractivity contribution in [3.8, 4) is 0 Å². The maximum absolute atomic E-state index is 12.4. The Morgan fingerprint density at radius 3 is 2.62 bits per heavy atom. The summed E-state index contributed by atoms with van der Waals surface area (Å²) in [4.78, 5) is 21.2. The Kier molecular flexibility index (Phi) is 4.94. The third kappa shape index (κ3) is 3.98. The Balaban J connectivity index is 1.69. The van der Waals surface area contributed by atoms with E-state index >= 15 is 0 Å². The summed E-state index contributed by atoms with van der Waals surface area (Å²) in [5.74, 6) is 1.02. The van der Waals surface area contributed by atoms with E-state index in [1.54, 1.807) is 0 Å². The number of piperazine rings is 1. The van der Waals surface area contributed by atoms with E-state index in [1.165, 1.54) is 0 Å². The first-order chi connectivity index (χ1) is 11.4. The van der Waals surface area contributed by atoms with Gasteiger partial charge in [-0.2, -0.15) is 0 Å². The quantitative estimate of drug-likeness (QED) is 0.902. The number of ether oxygens (including phenoxy) is 1. The van der Waals surface area contributed by atoms with Crippen LogP contribution in [0.3, 0.4) is 0 Å². The fourth-order valence-electron chi connectivity index (χ4n) is 3.33. The molecule has 6 heteroatoms. The van der Waals surface area contributed by atoms with E-state index in [9.17, 15) is 4.79 Å². The molecule has 0 aliphatic carbocycles. The van der Waals surface area contributed by atoms with Gasteiger partial charge in [0.2, 0.25) is 0 Å². The maximum atomic E-state index is 12.4. The van der Waals surface area contributed by atoms with Crippen molar-refractivity contribution in [1.82, 2.24) is 15.2 Å². The van der Waals surface area contributed by atoms with Gasteiger partial charge in [-0.25, -0.2) is 9.78 Å². The minimum atomic E-state index is -0.464. The van der Waals surface area contributed by atoms with Crippen molar-refractivity contribution < 1.29 is 9.53 Å². The van der Waals surface area contributed by atoms with Gasteiger partial charge >= 0.3 is 6.09 Å². The van der Waals surface area contributed by atoms with Gasteiger partial charge in [0, 0.05) is 38.9 Å². The molecule has 24 heavy (non-hydrogen) atoms. The molecule has 2 aliphatic rings. The Morgan fingerprint density at radius 2 is 2.00 bits per heavy atom. The van der Waals surface area contributed by atoms with E-state index < -0.39 is 5.60 Å². The normalized spacial score (nSPS) is 21.9. The molecule has 1 aromatic heterocycles. The Bertz CT molecular complexity index is 561. The molecule has 2 fully saturated rings. The molecule has 3 heterocycles. The van der Waals surface area contributed by atoms with Crippen LogP contribution in [-0.2, 0) is 4.74 Å². The molecule has 6 nitrogen and oxygen atoms in total. The van der Waals surface area contributed by atoms with Gasteiger partial charge in [0.05, 0.1) is 6.04 Å². The topological polar surface area (TPSA) is 57.7 Å². The zero-order chi connectivity index (χ0) is 17.2. The number of carbonyl (C=O) groups excluding carboxylic acids is 1. The molecule has 0 radical (unpaired) electrons. The molecule has 0 aromatic carbocycles. The number of aromatic nitrogens is 1. The fourth-order valence-corrected chi connectivity index (χ4v) is 3.33. The number of carbonyl (C=O) groups is 1. The van der Waals surface area contributed by atoms with Crippen LogP contribution in [0.4, 0.5) is 10.6 Å². The van der Waals surface area contributed by atoms with E-state index in [4.69, 9.17) is 4.74 Å². The van der Waals surface area contributed by atoms with Gasteiger partial charge < -0.3 is 19.9 Å². The number of nitrogens with zero attached hydrogens (tertiary/aromatic N) is 3. The molecule has 0 spiro atoms. The first-order valence-corrected chi connectivity index (χ1v) is 8.85. The summed E-state index contributed by atoms with van der Waals surface area (Å²) in [6, 6.07) is 4.26. The van der Waals surface area contributed by atoms with Crippen molar-refractivity contribution in [3.05, 3.63) is 23.9 Å². The average molecular weight is 332 g/mol. The lowest BCUT2D eigenvalue weighted by molar-refractivity contribution is 0.0224. The fraction of sp³-hybridized carbons (Fsp3) is 0.667. The third-order valence-electron chi connectivity index (χ3n) is 4.48. The minimum absolute atomic E-state index is 0.0735. The number of hydrogen-bond donors (Lipinski definition) is 1. The van der Waals surface area contributed by atoms with Gasteiger partial charge in [0.1, 0.15) is 11.4 Å². The Labute approximate surface area is 144 Å². The second-order valence-corrected chi connectivity index (χ2v) is 7.52. The maximum Gasteiger partial charge on any atom is 0.410 e. The van der Waals surface area contributed by atoms with E-state index in [-0.39, 0.29) is 12.1 Å². The highest BCUT2D eigenvalue weighted by molar-refractivity contribution is 5.69. The van der Waals surface area contributed by atoms with Gasteiger partial charge in [-0.3, -0.25) is 0 Å². The number of nitrogens with one attached hydrogen (secondary N) is 1. The molecule has 2 aliphatic heterocycles. The number of amides is 1. The van der Waals surface area contributed by atoms with Crippen molar-refractivity contribution in [2.24, 2.45) is 0 Å². The molecular weight excluding hydrogens is 304 g/mol. The number of anilines is 1. The van der Waals surface area contributed by atoms with E-state index in [1.807, 2.05) is 31.9 Å². The SMILES string of the molecule is CC(C)(C)OC(=O)N1CCCC1c1ccc(N2CCNCC2)nc1. The molecule has 1 unspecified atom stereocenters. The lowest BCUT2D eigenvalue weighted by Gasteiger charge is -2.30. The van der Waals surface area contributed by atoms with E-state index in [0.29, 0.717) is 0 Å². The Morgan fingerprint density at radius 1 is 1.25 bits per heavy atom. The van der Waals surface area contributed by atoms with Gasteiger partial charge in [0.25, 0.3) is 0 Å². The molecule has 1 N–H and O–H groups in total. The lowest BCUT2D eigenvalue weighted by atomic mass is 10.1. The summed E-state index contributed by atoms with van der Waals surface area (Å²) < 4.78 is 5.54.